The van der Waals surface area contributed by atoms with Gasteiger partial charge in [-0.3, -0.25) is 24.4 Å². The SMILES string of the molecule is O=C(CCC(=O)N1CCCN1C(=O)Cc1ccc2c(c1)OCO2)Nc1ccccc1. The van der Waals surface area contributed by atoms with Crippen LogP contribution in [-0.2, 0) is 20.8 Å². The molecule has 0 aliphatic carbocycles. The molecule has 0 atom stereocenters. The number of anilines is 1. The number of para-hydroxylation sites is 1. The van der Waals surface area contributed by atoms with Crippen LogP contribution in [0, 0.1) is 0 Å². The summed E-state index contributed by atoms with van der Waals surface area (Å²) in [4.78, 5) is 37.5. The first-order valence-corrected chi connectivity index (χ1v) is 9.94. The molecule has 2 aliphatic rings. The van der Waals surface area contributed by atoms with Crippen molar-refractivity contribution in [2.75, 3.05) is 25.2 Å². The first kappa shape index (κ1) is 19.8. The predicted octanol–water partition coefficient (Wildman–Crippen LogP) is 2.35. The van der Waals surface area contributed by atoms with Gasteiger partial charge < -0.3 is 14.8 Å². The van der Waals surface area contributed by atoms with Crippen molar-refractivity contribution in [2.45, 2.75) is 25.7 Å². The van der Waals surface area contributed by atoms with Gasteiger partial charge in [0.1, 0.15) is 0 Å². The first-order valence-electron chi connectivity index (χ1n) is 9.94. The number of carbonyl (C=O) groups excluding carboxylic acids is 3. The number of ether oxygens (including phenoxy) is 2. The zero-order valence-corrected chi connectivity index (χ0v) is 16.5. The lowest BCUT2D eigenvalue weighted by Crippen LogP contribution is -2.45. The fourth-order valence-corrected chi connectivity index (χ4v) is 3.54. The molecule has 1 saturated heterocycles. The van der Waals surface area contributed by atoms with Crippen molar-refractivity contribution in [3.63, 3.8) is 0 Å². The second-order valence-electron chi connectivity index (χ2n) is 7.17. The van der Waals surface area contributed by atoms with Crippen LogP contribution >= 0.6 is 0 Å². The van der Waals surface area contributed by atoms with Gasteiger partial charge in [0.15, 0.2) is 11.5 Å². The molecule has 30 heavy (non-hydrogen) atoms. The maximum absolute atomic E-state index is 12.8. The molecule has 1 fully saturated rings. The van der Waals surface area contributed by atoms with Gasteiger partial charge >= 0.3 is 0 Å². The maximum atomic E-state index is 12.8. The van der Waals surface area contributed by atoms with Gasteiger partial charge in [-0.15, -0.1) is 0 Å². The van der Waals surface area contributed by atoms with E-state index in [9.17, 15) is 14.4 Å². The number of amides is 3. The average molecular weight is 409 g/mol. The summed E-state index contributed by atoms with van der Waals surface area (Å²) in [5.41, 5.74) is 1.49. The summed E-state index contributed by atoms with van der Waals surface area (Å²) in [6, 6.07) is 14.5. The van der Waals surface area contributed by atoms with Crippen LogP contribution in [0.4, 0.5) is 5.69 Å². The predicted molar refractivity (Wildman–Crippen MR) is 109 cm³/mol. The number of hydrazine groups is 1. The number of nitrogens with zero attached hydrogens (tertiary/aromatic N) is 2. The van der Waals surface area contributed by atoms with E-state index in [0.29, 0.717) is 30.3 Å². The number of fused-ring (bicyclic) bond motifs is 1. The van der Waals surface area contributed by atoms with E-state index < -0.39 is 0 Å². The van der Waals surface area contributed by atoms with Crippen molar-refractivity contribution in [3.8, 4) is 11.5 Å². The van der Waals surface area contributed by atoms with Crippen molar-refractivity contribution in [1.82, 2.24) is 10.0 Å². The molecule has 8 heteroatoms. The molecular formula is C22H23N3O5. The van der Waals surface area contributed by atoms with E-state index in [1.54, 1.807) is 24.3 Å². The molecule has 3 amide bonds. The topological polar surface area (TPSA) is 88.2 Å². The highest BCUT2D eigenvalue weighted by Gasteiger charge is 2.30. The zero-order valence-electron chi connectivity index (χ0n) is 16.5. The Bertz CT molecular complexity index is 947. The lowest BCUT2D eigenvalue weighted by atomic mass is 10.1. The highest BCUT2D eigenvalue weighted by molar-refractivity contribution is 5.93. The van der Waals surface area contributed by atoms with E-state index in [4.69, 9.17) is 9.47 Å². The molecule has 4 rings (SSSR count). The maximum Gasteiger partial charge on any atom is 0.245 e. The van der Waals surface area contributed by atoms with Crippen LogP contribution in [0.25, 0.3) is 0 Å². The van der Waals surface area contributed by atoms with E-state index in [1.165, 1.54) is 10.0 Å². The Kier molecular flexibility index (Phi) is 5.83. The Morgan fingerprint density at radius 1 is 0.867 bits per heavy atom. The number of hydrogen-bond acceptors (Lipinski definition) is 5. The number of rotatable bonds is 6. The Morgan fingerprint density at radius 3 is 2.40 bits per heavy atom. The van der Waals surface area contributed by atoms with Gasteiger partial charge in [-0.25, -0.2) is 0 Å². The Labute approximate surface area is 174 Å². The first-order chi connectivity index (χ1) is 14.6. The molecule has 2 aromatic carbocycles. The van der Waals surface area contributed by atoms with Crippen molar-refractivity contribution in [1.29, 1.82) is 0 Å². The standard InChI is InChI=1S/C22H23N3O5/c26-20(23-17-5-2-1-3-6-17)9-10-21(27)24-11-4-12-25(24)22(28)14-16-7-8-18-19(13-16)30-15-29-18/h1-3,5-8,13H,4,9-12,14-15H2,(H,23,26). The van der Waals surface area contributed by atoms with E-state index in [0.717, 1.165) is 12.0 Å². The third-order valence-electron chi connectivity index (χ3n) is 5.02. The number of hydrogen-bond donors (Lipinski definition) is 1. The average Bonchev–Trinajstić information content (AvgIpc) is 3.42. The second-order valence-corrected chi connectivity index (χ2v) is 7.17. The Balaban J connectivity index is 1.30. The zero-order chi connectivity index (χ0) is 20.9. The molecule has 2 aromatic rings. The summed E-state index contributed by atoms with van der Waals surface area (Å²) in [6.07, 6.45) is 0.991. The molecule has 1 N–H and O–H groups in total. The van der Waals surface area contributed by atoms with Gasteiger partial charge in [0.25, 0.3) is 0 Å². The number of nitrogens with one attached hydrogen (secondary N) is 1. The van der Waals surface area contributed by atoms with E-state index >= 15 is 0 Å². The molecule has 8 nitrogen and oxygen atoms in total. The fourth-order valence-electron chi connectivity index (χ4n) is 3.54. The van der Waals surface area contributed by atoms with Crippen LogP contribution in [0.5, 0.6) is 11.5 Å². The van der Waals surface area contributed by atoms with Crippen LogP contribution in [0.3, 0.4) is 0 Å². The molecule has 0 saturated carbocycles. The molecule has 0 radical (unpaired) electrons. The highest BCUT2D eigenvalue weighted by atomic mass is 16.7. The van der Waals surface area contributed by atoms with Crippen LogP contribution in [0.2, 0.25) is 0 Å². The summed E-state index contributed by atoms with van der Waals surface area (Å²) in [7, 11) is 0. The molecule has 0 bridgehead atoms. The third-order valence-corrected chi connectivity index (χ3v) is 5.02. The summed E-state index contributed by atoms with van der Waals surface area (Å²) >= 11 is 0. The monoisotopic (exact) mass is 409 g/mol. The molecule has 2 heterocycles. The number of carbonyl (C=O) groups is 3. The van der Waals surface area contributed by atoms with Crippen molar-refractivity contribution in [3.05, 3.63) is 54.1 Å². The van der Waals surface area contributed by atoms with Gasteiger partial charge in [-0.05, 0) is 36.2 Å². The molecule has 0 spiro atoms. The smallest absolute Gasteiger partial charge is 0.245 e. The van der Waals surface area contributed by atoms with E-state index in [-0.39, 0.29) is 43.8 Å². The molecule has 2 aliphatic heterocycles. The van der Waals surface area contributed by atoms with E-state index in [1.807, 2.05) is 24.3 Å². The summed E-state index contributed by atoms with van der Waals surface area (Å²) in [5.74, 6) is 0.673. The largest absolute Gasteiger partial charge is 0.454 e. The van der Waals surface area contributed by atoms with Gasteiger partial charge in [0.05, 0.1) is 6.42 Å². The Morgan fingerprint density at radius 2 is 1.60 bits per heavy atom. The second kappa shape index (κ2) is 8.86. The normalized spacial score (nSPS) is 14.7. The van der Waals surface area contributed by atoms with Crippen LogP contribution in [0.15, 0.2) is 48.5 Å². The highest BCUT2D eigenvalue weighted by Crippen LogP contribution is 2.32. The lowest BCUT2D eigenvalue weighted by molar-refractivity contribution is -0.157. The quantitative estimate of drug-likeness (QED) is 0.791. The summed E-state index contributed by atoms with van der Waals surface area (Å²) < 4.78 is 10.6. The summed E-state index contributed by atoms with van der Waals surface area (Å²) in [5, 5.41) is 5.71. The van der Waals surface area contributed by atoms with Crippen LogP contribution < -0.4 is 14.8 Å². The summed E-state index contributed by atoms with van der Waals surface area (Å²) in [6.45, 7) is 1.15. The number of benzene rings is 2. The van der Waals surface area contributed by atoms with Crippen molar-refractivity contribution in [2.24, 2.45) is 0 Å². The minimum atomic E-state index is -0.230. The fraction of sp³-hybridized carbons (Fsp3) is 0.318. The van der Waals surface area contributed by atoms with Gasteiger partial charge in [0, 0.05) is 31.6 Å². The minimum Gasteiger partial charge on any atom is -0.454 e. The minimum absolute atomic E-state index is 0.0481. The third kappa shape index (κ3) is 4.53. The molecule has 0 unspecified atom stereocenters. The Hall–Kier alpha value is -3.55. The molecule has 0 aromatic heterocycles. The van der Waals surface area contributed by atoms with Crippen molar-refractivity contribution >= 4 is 23.4 Å². The lowest BCUT2D eigenvalue weighted by Gasteiger charge is -2.28. The van der Waals surface area contributed by atoms with E-state index in [2.05, 4.69) is 5.32 Å². The molecular weight excluding hydrogens is 386 g/mol. The van der Waals surface area contributed by atoms with Gasteiger partial charge in [0.2, 0.25) is 24.5 Å². The van der Waals surface area contributed by atoms with Gasteiger partial charge in [-0.2, -0.15) is 0 Å². The van der Waals surface area contributed by atoms with Crippen LogP contribution in [0.1, 0.15) is 24.8 Å². The van der Waals surface area contributed by atoms with Crippen LogP contribution in [-0.4, -0.2) is 47.6 Å². The van der Waals surface area contributed by atoms with Crippen molar-refractivity contribution < 1.29 is 23.9 Å². The molecule has 156 valence electrons. The van der Waals surface area contributed by atoms with Gasteiger partial charge in [-0.1, -0.05) is 24.3 Å².